The lowest BCUT2D eigenvalue weighted by Crippen LogP contribution is -2.38. The lowest BCUT2D eigenvalue weighted by molar-refractivity contribution is 0.0834. The number of benzene rings is 1. The van der Waals surface area contributed by atoms with Gasteiger partial charge >= 0.3 is 6.09 Å². The first-order valence-electron chi connectivity index (χ1n) is 10.3. The van der Waals surface area contributed by atoms with Gasteiger partial charge in [0.2, 0.25) is 0 Å². The van der Waals surface area contributed by atoms with E-state index < -0.39 is 0 Å². The minimum atomic E-state index is -0.208. The van der Waals surface area contributed by atoms with Crippen LogP contribution in [0.1, 0.15) is 43.3 Å². The van der Waals surface area contributed by atoms with Crippen molar-refractivity contribution in [2.45, 2.75) is 39.2 Å². The van der Waals surface area contributed by atoms with Crippen molar-refractivity contribution in [3.63, 3.8) is 0 Å². The summed E-state index contributed by atoms with van der Waals surface area (Å²) in [5.74, 6) is 6.37. The summed E-state index contributed by atoms with van der Waals surface area (Å²) < 4.78 is 11.2. The van der Waals surface area contributed by atoms with E-state index in [1.807, 2.05) is 43.5 Å². The van der Waals surface area contributed by atoms with Gasteiger partial charge in [0.1, 0.15) is 18.7 Å². The fraction of sp³-hybridized carbons (Fsp3) is 0.476. The molecule has 0 spiro atoms. The summed E-state index contributed by atoms with van der Waals surface area (Å²) in [5, 5.41) is 9.74. The predicted octanol–water partition coefficient (Wildman–Crippen LogP) is 4.68. The van der Waals surface area contributed by atoms with Gasteiger partial charge in [0.05, 0.1) is 23.0 Å². The number of carbonyl (C=O) groups is 1. The van der Waals surface area contributed by atoms with Crippen LogP contribution in [0.25, 0.3) is 0 Å². The van der Waals surface area contributed by atoms with Crippen LogP contribution in [-0.4, -0.2) is 42.0 Å². The summed E-state index contributed by atoms with van der Waals surface area (Å²) in [6, 6.07) is 7.33. The van der Waals surface area contributed by atoms with Gasteiger partial charge in [-0.1, -0.05) is 19.1 Å². The van der Waals surface area contributed by atoms with Gasteiger partial charge in [0, 0.05) is 24.4 Å². The average molecular weight is 445 g/mol. The highest BCUT2D eigenvalue weighted by molar-refractivity contribution is 7.09. The molecule has 1 aliphatic rings. The number of nitrogens with zero attached hydrogens (tertiary/aromatic N) is 5. The monoisotopic (exact) mass is 444 g/mol. The molecule has 0 bridgehead atoms. The molecule has 31 heavy (non-hydrogen) atoms. The molecule has 1 aromatic carbocycles. The average Bonchev–Trinajstić information content (AvgIpc) is 3.26. The van der Waals surface area contributed by atoms with Crippen molar-refractivity contribution < 1.29 is 14.3 Å². The molecule has 1 aromatic heterocycles. The third-order valence-electron chi connectivity index (χ3n) is 4.76. The van der Waals surface area contributed by atoms with E-state index >= 15 is 0 Å². The maximum atomic E-state index is 12.1. The van der Waals surface area contributed by atoms with Gasteiger partial charge in [-0.3, -0.25) is 0 Å². The second-order valence-electron chi connectivity index (χ2n) is 7.67. The zero-order valence-corrected chi connectivity index (χ0v) is 18.6. The molecule has 1 fully saturated rings. The molecule has 0 aliphatic carbocycles. The Labute approximate surface area is 186 Å². The fourth-order valence-electron chi connectivity index (χ4n) is 3.12. The van der Waals surface area contributed by atoms with Crippen LogP contribution < -0.4 is 10.6 Å². The van der Waals surface area contributed by atoms with E-state index in [-0.39, 0.29) is 6.09 Å². The highest BCUT2D eigenvalue weighted by Crippen LogP contribution is 2.31. The number of amides is 1. The van der Waals surface area contributed by atoms with E-state index in [9.17, 15) is 4.79 Å². The minimum absolute atomic E-state index is 0.208. The predicted molar refractivity (Wildman–Crippen MR) is 120 cm³/mol. The maximum Gasteiger partial charge on any atom is 0.409 e. The molecule has 1 aliphatic heterocycles. The number of aromatic nitrogens is 1. The highest BCUT2D eigenvalue weighted by Gasteiger charge is 2.26. The maximum absolute atomic E-state index is 12.1. The smallest absolute Gasteiger partial charge is 0.409 e. The third kappa shape index (κ3) is 7.02. The Morgan fingerprint density at radius 3 is 2.74 bits per heavy atom. The third-order valence-corrected chi connectivity index (χ3v) is 5.82. The van der Waals surface area contributed by atoms with E-state index in [1.54, 1.807) is 16.2 Å². The number of thiazole rings is 1. The largest absolute Gasteiger partial charge is 0.487 e. The molecule has 3 rings (SSSR count). The lowest BCUT2D eigenvalue weighted by atomic mass is 9.98. The van der Waals surface area contributed by atoms with E-state index in [0.717, 1.165) is 35.0 Å². The Hall–Kier alpha value is -3.01. The van der Waals surface area contributed by atoms with E-state index in [2.05, 4.69) is 15.3 Å². The zero-order chi connectivity index (χ0) is 22.1. The molecule has 0 atom stereocenters. The van der Waals surface area contributed by atoms with Crippen molar-refractivity contribution in [1.29, 1.82) is 0 Å². The van der Waals surface area contributed by atoms with Gasteiger partial charge < -0.3 is 20.2 Å². The number of piperidine rings is 1. The molecule has 1 saturated heterocycles. The molecule has 2 N–H and O–H groups in total. The van der Waals surface area contributed by atoms with Gasteiger partial charge in [0.15, 0.2) is 0 Å². The van der Waals surface area contributed by atoms with Crippen molar-refractivity contribution >= 4 is 29.5 Å². The first-order chi connectivity index (χ1) is 15.0. The Balaban J connectivity index is 1.45. The van der Waals surface area contributed by atoms with Gasteiger partial charge in [-0.15, -0.1) is 16.5 Å². The summed E-state index contributed by atoms with van der Waals surface area (Å²) in [4.78, 5) is 22.7. The Morgan fingerprint density at radius 1 is 1.32 bits per heavy atom. The first-order valence-corrected chi connectivity index (χ1v) is 11.1. The van der Waals surface area contributed by atoms with E-state index in [0.29, 0.717) is 38.1 Å². The van der Waals surface area contributed by atoms with Crippen LogP contribution in [0, 0.1) is 5.92 Å². The number of aliphatic imine (C=N–C) groups is 1. The number of hydrogen-bond donors (Lipinski definition) is 1. The number of hydrogen-bond acceptors (Lipinski definition) is 7. The number of likely N-dealkylation sites (tertiary alicyclic amines) is 1. The summed E-state index contributed by atoms with van der Waals surface area (Å²) in [6.45, 7) is 6.34. The van der Waals surface area contributed by atoms with Crippen LogP contribution in [0.4, 0.5) is 10.5 Å². The van der Waals surface area contributed by atoms with E-state index in [4.69, 9.17) is 20.3 Å². The number of ether oxygens (including phenoxy) is 2. The molecule has 10 heteroatoms. The summed E-state index contributed by atoms with van der Waals surface area (Å²) in [7, 11) is 0. The molecular weight excluding hydrogens is 416 g/mol. The molecule has 2 aromatic rings. The van der Waals surface area contributed by atoms with Gasteiger partial charge in [0.25, 0.3) is 0 Å². The molecule has 0 unspecified atom stereocenters. The molecule has 1 amide bonds. The second-order valence-corrected chi connectivity index (χ2v) is 8.56. The van der Waals surface area contributed by atoms with Crippen molar-refractivity contribution in [3.8, 4) is 5.75 Å². The molecule has 0 radical (unpaired) electrons. The van der Waals surface area contributed by atoms with Crippen molar-refractivity contribution in [2.24, 2.45) is 27.1 Å². The van der Waals surface area contributed by atoms with Crippen LogP contribution in [0.3, 0.4) is 0 Å². The zero-order valence-electron chi connectivity index (χ0n) is 17.8. The van der Waals surface area contributed by atoms with Crippen LogP contribution in [0.5, 0.6) is 5.75 Å². The summed E-state index contributed by atoms with van der Waals surface area (Å²) >= 11 is 1.65. The van der Waals surface area contributed by atoms with Crippen LogP contribution in [0.2, 0.25) is 0 Å². The lowest BCUT2D eigenvalue weighted by Gasteiger charge is -2.30. The molecule has 166 valence electrons. The van der Waals surface area contributed by atoms with Crippen LogP contribution in [-0.2, 0) is 11.3 Å². The minimum Gasteiger partial charge on any atom is -0.487 e. The van der Waals surface area contributed by atoms with Gasteiger partial charge in [-0.25, -0.2) is 14.8 Å². The Bertz CT molecular complexity index is 889. The van der Waals surface area contributed by atoms with Crippen molar-refractivity contribution in [1.82, 2.24) is 9.88 Å². The van der Waals surface area contributed by atoms with Crippen molar-refractivity contribution in [3.05, 3.63) is 40.3 Å². The van der Waals surface area contributed by atoms with Gasteiger partial charge in [-0.2, -0.15) is 0 Å². The topological polar surface area (TPSA) is 115 Å². The molecule has 9 nitrogen and oxygen atoms in total. The van der Waals surface area contributed by atoms with E-state index in [1.165, 1.54) is 6.34 Å². The fourth-order valence-corrected chi connectivity index (χ4v) is 4.10. The molecular formula is C21H28N6O3S. The van der Waals surface area contributed by atoms with Gasteiger partial charge in [-0.05, 0) is 43.0 Å². The SMILES string of the molecule is CC(C)COC(=O)N1CCC(c2nc(COc3ccc(N=CN=NN)cc3)cs2)CC1. The number of carbonyl (C=O) groups excluding carboxylic acids is 1. The normalized spacial score (nSPS) is 15.3. The second kappa shape index (κ2) is 11.4. The number of nitrogens with two attached hydrogens (primary N) is 1. The van der Waals surface area contributed by atoms with Crippen LogP contribution in [0.15, 0.2) is 45.0 Å². The number of rotatable bonds is 8. The quantitative estimate of drug-likeness (QED) is 0.209. The molecule has 2 heterocycles. The Kier molecular flexibility index (Phi) is 8.34. The first kappa shape index (κ1) is 22.7. The molecule has 0 saturated carbocycles. The van der Waals surface area contributed by atoms with Crippen molar-refractivity contribution in [2.75, 3.05) is 19.7 Å². The highest BCUT2D eigenvalue weighted by atomic mass is 32.1. The summed E-state index contributed by atoms with van der Waals surface area (Å²) in [5.41, 5.74) is 1.64. The van der Waals surface area contributed by atoms with Crippen LogP contribution >= 0.6 is 11.3 Å². The standard InChI is InChI=1S/C21H28N6O3S/c1-15(2)11-30-21(28)27-9-7-16(8-10-27)20-25-18(13-31-20)12-29-19-5-3-17(4-6-19)23-14-24-26-22/h3-6,13-16H,7-12H2,1-2H3,(H2,22,23,24). The summed E-state index contributed by atoms with van der Waals surface area (Å²) in [6.07, 6.45) is 2.87. The Morgan fingerprint density at radius 2 is 2.06 bits per heavy atom.